The number of amides is 2. The molecule has 4 aliphatic rings. The number of nitrogens with zero attached hydrogens (tertiary/aromatic N) is 1. The van der Waals surface area contributed by atoms with E-state index in [1.54, 1.807) is 41.3 Å². The molecule has 4 N–H and O–H groups in total. The minimum Gasteiger partial charge on any atom is -0.448 e. The highest BCUT2D eigenvalue weighted by Gasteiger charge is 2.42. The molecule has 2 amide bonds. The number of Topliss-reactive ketones (excluding diaryl/α,β-unsaturated/α-hetero) is 2. The van der Waals surface area contributed by atoms with Crippen LogP contribution in [0.2, 0.25) is 10.4 Å². The zero-order valence-electron chi connectivity index (χ0n) is 30.8. The highest BCUT2D eigenvalue weighted by Crippen LogP contribution is 2.44. The van der Waals surface area contributed by atoms with Gasteiger partial charge in [-0.05, 0) is 150 Å². The van der Waals surface area contributed by atoms with Gasteiger partial charge in [0.1, 0.15) is 23.2 Å². The van der Waals surface area contributed by atoms with Crippen LogP contribution in [0.1, 0.15) is 83.3 Å². The van der Waals surface area contributed by atoms with Gasteiger partial charge in [0, 0.05) is 38.4 Å². The Hall–Kier alpha value is -3.30. The smallest absolute Gasteiger partial charge is 0.317 e. The lowest BCUT2D eigenvalue weighted by atomic mass is 9.66. The van der Waals surface area contributed by atoms with Crippen LogP contribution in [0.15, 0.2) is 69.5 Å². The summed E-state index contributed by atoms with van der Waals surface area (Å²) in [6.45, 7) is 3.86. The number of benzene rings is 2. The molecule has 2 fully saturated rings. The summed E-state index contributed by atoms with van der Waals surface area (Å²) in [7, 11) is 0. The molecule has 290 valence electrons. The molecular weight excluding hydrogens is 852 g/mol. The van der Waals surface area contributed by atoms with Crippen molar-refractivity contribution in [2.24, 2.45) is 16.6 Å². The molecule has 9 nitrogen and oxygen atoms in total. The van der Waals surface area contributed by atoms with E-state index in [1.807, 2.05) is 22.6 Å². The number of carbonyl (C=O) groups excluding carboxylic acids is 3. The molecule has 2 saturated heterocycles. The average Bonchev–Trinajstić information content (AvgIpc) is 3.80. The molecule has 0 atom stereocenters. The quantitative estimate of drug-likeness (QED) is 0.138. The molecule has 54 heavy (non-hydrogen) atoms. The second-order valence-corrected chi connectivity index (χ2v) is 14.9. The maximum Gasteiger partial charge on any atom is 0.317 e. The SMILES string of the molecule is NCc1ccc(Cl)o1.O=C1CC2(CCN(C(=O)NCc3ccc(Cl)o3)CC2)Cc2ccc(F)cc21.O=C1CC2(CCNCC2)Cc2ccc(F)cc21.[2H]CI. The molecule has 14 heteroatoms. The fourth-order valence-electron chi connectivity index (χ4n) is 7.76. The number of piperidine rings is 2. The monoisotopic (exact) mass is 897 g/mol. The zero-order chi connectivity index (χ0) is 39.6. The third kappa shape index (κ3) is 10.7. The Labute approximate surface area is 339 Å². The van der Waals surface area contributed by atoms with Crippen LogP contribution in [-0.4, -0.2) is 53.6 Å². The Bertz CT molecular complexity index is 1950. The van der Waals surface area contributed by atoms with Crippen LogP contribution in [0, 0.1) is 22.5 Å². The number of carbonyl (C=O) groups is 3. The average molecular weight is 899 g/mol. The van der Waals surface area contributed by atoms with Crippen molar-refractivity contribution in [2.75, 3.05) is 31.1 Å². The number of hydrogen-bond donors (Lipinski definition) is 3. The molecule has 0 unspecified atom stereocenters. The van der Waals surface area contributed by atoms with E-state index < -0.39 is 0 Å². The van der Waals surface area contributed by atoms with Gasteiger partial charge in [0.2, 0.25) is 0 Å². The Morgan fingerprint density at radius 3 is 1.76 bits per heavy atom. The van der Waals surface area contributed by atoms with Crippen molar-refractivity contribution in [2.45, 2.75) is 64.5 Å². The summed E-state index contributed by atoms with van der Waals surface area (Å²) in [6, 6.07) is 15.7. The van der Waals surface area contributed by atoms with E-state index in [-0.39, 0.29) is 46.6 Å². The van der Waals surface area contributed by atoms with Crippen molar-refractivity contribution >= 4 is 63.4 Å². The highest BCUT2D eigenvalue weighted by molar-refractivity contribution is 14.1. The van der Waals surface area contributed by atoms with Crippen LogP contribution in [0.25, 0.3) is 0 Å². The summed E-state index contributed by atoms with van der Waals surface area (Å²) < 4.78 is 42.9. The first-order valence-electron chi connectivity index (χ1n) is 18.5. The normalized spacial score (nSPS) is 18.1. The van der Waals surface area contributed by atoms with Gasteiger partial charge in [-0.1, -0.05) is 34.7 Å². The summed E-state index contributed by atoms with van der Waals surface area (Å²) in [5, 5.41) is 6.85. The van der Waals surface area contributed by atoms with Crippen LogP contribution in [0.3, 0.4) is 0 Å². The van der Waals surface area contributed by atoms with Gasteiger partial charge in [0.05, 0.1) is 13.1 Å². The molecular formula is C40H45Cl2F2IN4O5. The lowest BCUT2D eigenvalue weighted by molar-refractivity contribution is 0.0733. The molecule has 2 aliphatic heterocycles. The Morgan fingerprint density at radius 1 is 0.833 bits per heavy atom. The van der Waals surface area contributed by atoms with E-state index in [0.717, 1.165) is 68.5 Å². The molecule has 2 aliphatic carbocycles. The van der Waals surface area contributed by atoms with Crippen molar-refractivity contribution in [1.29, 1.82) is 0 Å². The molecule has 4 aromatic rings. The van der Waals surface area contributed by atoms with Gasteiger partial charge in [0.25, 0.3) is 0 Å². The second-order valence-electron chi connectivity index (χ2n) is 14.2. The number of halogens is 5. The lowest BCUT2D eigenvalue weighted by Gasteiger charge is -2.44. The van der Waals surface area contributed by atoms with Crippen molar-refractivity contribution in [3.8, 4) is 0 Å². The van der Waals surface area contributed by atoms with E-state index in [2.05, 4.69) is 10.6 Å². The predicted molar refractivity (Wildman–Crippen MR) is 213 cm³/mol. The zero-order valence-corrected chi connectivity index (χ0v) is 33.5. The predicted octanol–water partition coefficient (Wildman–Crippen LogP) is 8.96. The number of likely N-dealkylation sites (tertiary alicyclic amines) is 1. The summed E-state index contributed by atoms with van der Waals surface area (Å²) in [5.41, 5.74) is 8.28. The molecule has 0 radical (unpaired) electrons. The van der Waals surface area contributed by atoms with E-state index in [9.17, 15) is 23.2 Å². The van der Waals surface area contributed by atoms with Gasteiger partial charge >= 0.3 is 6.03 Å². The first-order chi connectivity index (χ1) is 26.4. The van der Waals surface area contributed by atoms with Gasteiger partial charge in [-0.25, -0.2) is 13.6 Å². The number of nitrogens with two attached hydrogens (primary N) is 1. The van der Waals surface area contributed by atoms with Gasteiger partial charge in [-0.3, -0.25) is 9.59 Å². The topological polar surface area (TPSA) is 131 Å². The number of urea groups is 1. The van der Waals surface area contributed by atoms with Gasteiger partial charge < -0.3 is 30.1 Å². The summed E-state index contributed by atoms with van der Waals surface area (Å²) in [6.07, 6.45) is 6.32. The summed E-state index contributed by atoms with van der Waals surface area (Å²) >= 11 is 13.1. The van der Waals surface area contributed by atoms with Crippen LogP contribution >= 0.6 is 45.8 Å². The van der Waals surface area contributed by atoms with Crippen LogP contribution < -0.4 is 16.4 Å². The van der Waals surface area contributed by atoms with Gasteiger partial charge in [-0.2, -0.15) is 0 Å². The van der Waals surface area contributed by atoms with Crippen molar-refractivity contribution in [3.05, 3.63) is 117 Å². The van der Waals surface area contributed by atoms with Crippen molar-refractivity contribution in [3.63, 3.8) is 0 Å². The van der Waals surface area contributed by atoms with Crippen molar-refractivity contribution < 1.29 is 33.4 Å². The summed E-state index contributed by atoms with van der Waals surface area (Å²) in [5.74, 6) is 0.760. The molecule has 8 rings (SSSR count). The lowest BCUT2D eigenvalue weighted by Crippen LogP contribution is -2.49. The van der Waals surface area contributed by atoms with E-state index in [0.29, 0.717) is 64.7 Å². The number of furan rings is 2. The maximum absolute atomic E-state index is 13.4. The van der Waals surface area contributed by atoms with E-state index in [4.69, 9.17) is 39.1 Å². The maximum atomic E-state index is 13.4. The van der Waals surface area contributed by atoms with Crippen LogP contribution in [0.4, 0.5) is 13.6 Å². The third-order valence-electron chi connectivity index (χ3n) is 10.6. The highest BCUT2D eigenvalue weighted by atomic mass is 127. The number of nitrogens with one attached hydrogen (secondary N) is 2. The Morgan fingerprint density at radius 2 is 1.31 bits per heavy atom. The van der Waals surface area contributed by atoms with Gasteiger partial charge in [-0.15, -0.1) is 0 Å². The minimum atomic E-state index is -0.373. The Kier molecular flexibility index (Phi) is 14.2. The first kappa shape index (κ1) is 40.4. The molecule has 4 heterocycles. The standard InChI is InChI=1S/C20H20ClFN2O3.C14H16FNO.C5H6ClNO.CH3I/c21-18-4-3-15(27-18)12-23-19(26)24-7-5-20(6-8-24)10-13-1-2-14(22)9-16(13)17(25)11-20;15-11-2-1-10-8-14(3-5-16-6-4-14)9-13(17)12(10)7-11;6-5-2-1-4(3-7)8-5;1-2/h1-4,9H,5-8,10-12H2,(H,23,26);1-2,7,16H,3-6,8-9H2;1-2H,3,7H2;1H3/i;;;1D. The summed E-state index contributed by atoms with van der Waals surface area (Å²) in [4.78, 5) is 39.2. The minimum absolute atomic E-state index is 0.00310. The fourth-order valence-corrected chi connectivity index (χ4v) is 8.08. The number of rotatable bonds is 3. The third-order valence-corrected chi connectivity index (χ3v) is 11.0. The number of ketones is 2. The van der Waals surface area contributed by atoms with E-state index in [1.165, 1.54) is 24.3 Å². The van der Waals surface area contributed by atoms with Gasteiger partial charge in [0.15, 0.2) is 22.0 Å². The number of fused-ring (bicyclic) bond motifs is 2. The van der Waals surface area contributed by atoms with Crippen LogP contribution in [-0.2, 0) is 25.9 Å². The molecule has 2 aromatic carbocycles. The Balaban J connectivity index is 0.000000175. The molecule has 0 saturated carbocycles. The number of alkyl halides is 1. The second kappa shape index (κ2) is 19.0. The van der Waals surface area contributed by atoms with E-state index >= 15 is 0 Å². The molecule has 2 spiro atoms. The van der Waals surface area contributed by atoms with Crippen LogP contribution in [0.5, 0.6) is 0 Å². The molecule has 0 bridgehead atoms. The largest absolute Gasteiger partial charge is 0.448 e. The van der Waals surface area contributed by atoms with Crippen molar-refractivity contribution in [1.82, 2.24) is 15.5 Å². The number of hydrogen-bond acceptors (Lipinski definition) is 7. The molecule has 2 aromatic heterocycles. The fraction of sp³-hybridized carbons (Fsp3) is 0.425. The first-order valence-corrected chi connectivity index (χ1v) is 20.1.